The van der Waals surface area contributed by atoms with Crippen molar-refractivity contribution in [2.45, 2.75) is 20.8 Å². The molecular weight excluding hydrogens is 378 g/mol. The number of fused-ring (bicyclic) bond motifs is 1. The van der Waals surface area contributed by atoms with E-state index in [1.807, 2.05) is 32.9 Å². The second kappa shape index (κ2) is 9.61. The first-order valence-corrected chi connectivity index (χ1v) is 9.84. The monoisotopic (exact) mass is 403 g/mol. The highest BCUT2D eigenvalue weighted by Gasteiger charge is 2.09. The van der Waals surface area contributed by atoms with Crippen molar-refractivity contribution in [2.24, 2.45) is 0 Å². The van der Waals surface area contributed by atoms with Crippen LogP contribution < -0.4 is 20.7 Å². The lowest BCUT2D eigenvalue weighted by atomic mass is 10.1. The SMILES string of the molecule is CCOc1ccc(NC(=O)NCCNc2nc3c(C)cc(C)cc3cc2C#N)cc1. The molecular formula is C23H25N5O2. The molecule has 0 radical (unpaired) electrons. The van der Waals surface area contributed by atoms with Crippen LogP contribution in [-0.2, 0) is 0 Å². The van der Waals surface area contributed by atoms with Crippen molar-refractivity contribution in [2.75, 3.05) is 30.3 Å². The minimum Gasteiger partial charge on any atom is -0.494 e. The Morgan fingerprint density at radius 2 is 1.90 bits per heavy atom. The summed E-state index contributed by atoms with van der Waals surface area (Å²) in [6.07, 6.45) is 0. The van der Waals surface area contributed by atoms with Gasteiger partial charge in [0.05, 0.1) is 17.7 Å². The average molecular weight is 403 g/mol. The molecule has 0 aliphatic rings. The first-order valence-electron chi connectivity index (χ1n) is 9.84. The van der Waals surface area contributed by atoms with Crippen LogP contribution in [0.3, 0.4) is 0 Å². The standard InChI is InChI=1S/C23H25N5O2/c1-4-30-20-7-5-19(6-8-20)27-23(29)26-10-9-25-22-18(14-24)13-17-12-15(2)11-16(3)21(17)28-22/h5-8,11-13H,4,9-10H2,1-3H3,(H,25,28)(H2,26,27,29). The lowest BCUT2D eigenvalue weighted by Crippen LogP contribution is -2.32. The fourth-order valence-electron chi connectivity index (χ4n) is 3.20. The van der Waals surface area contributed by atoms with E-state index in [0.717, 1.165) is 27.8 Å². The van der Waals surface area contributed by atoms with E-state index in [1.165, 1.54) is 0 Å². The van der Waals surface area contributed by atoms with E-state index in [1.54, 1.807) is 24.3 Å². The summed E-state index contributed by atoms with van der Waals surface area (Å²) in [5.41, 5.74) is 4.21. The zero-order valence-electron chi connectivity index (χ0n) is 17.4. The van der Waals surface area contributed by atoms with E-state index >= 15 is 0 Å². The molecule has 0 saturated heterocycles. The van der Waals surface area contributed by atoms with E-state index in [0.29, 0.717) is 36.8 Å². The maximum atomic E-state index is 12.1. The Balaban J connectivity index is 1.55. The number of anilines is 2. The number of carbonyl (C=O) groups is 1. The number of aryl methyl sites for hydroxylation is 2. The molecule has 0 atom stereocenters. The Morgan fingerprint density at radius 1 is 1.13 bits per heavy atom. The number of nitrogens with one attached hydrogen (secondary N) is 3. The van der Waals surface area contributed by atoms with Crippen LogP contribution in [0.5, 0.6) is 5.75 Å². The fraction of sp³-hybridized carbons (Fsp3) is 0.261. The minimum atomic E-state index is -0.306. The van der Waals surface area contributed by atoms with Gasteiger partial charge in [0.15, 0.2) is 0 Å². The van der Waals surface area contributed by atoms with Crippen molar-refractivity contribution in [3.63, 3.8) is 0 Å². The predicted molar refractivity (Wildman–Crippen MR) is 119 cm³/mol. The van der Waals surface area contributed by atoms with E-state index in [9.17, 15) is 10.1 Å². The van der Waals surface area contributed by atoms with Gasteiger partial charge in [0, 0.05) is 24.2 Å². The molecule has 7 nitrogen and oxygen atoms in total. The quantitative estimate of drug-likeness (QED) is 0.509. The van der Waals surface area contributed by atoms with Gasteiger partial charge >= 0.3 is 6.03 Å². The number of nitrogens with zero attached hydrogens (tertiary/aromatic N) is 2. The van der Waals surface area contributed by atoms with Crippen LogP contribution in [-0.4, -0.2) is 30.7 Å². The summed E-state index contributed by atoms with van der Waals surface area (Å²) >= 11 is 0. The minimum absolute atomic E-state index is 0.306. The maximum Gasteiger partial charge on any atom is 0.319 e. The van der Waals surface area contributed by atoms with Gasteiger partial charge in [-0.1, -0.05) is 11.6 Å². The van der Waals surface area contributed by atoms with E-state index < -0.39 is 0 Å². The molecule has 3 N–H and O–H groups in total. The Labute approximate surface area is 176 Å². The van der Waals surface area contributed by atoms with Crippen LogP contribution >= 0.6 is 0 Å². The molecule has 0 fully saturated rings. The van der Waals surface area contributed by atoms with Crippen molar-refractivity contribution in [1.82, 2.24) is 10.3 Å². The normalized spacial score (nSPS) is 10.3. The summed E-state index contributed by atoms with van der Waals surface area (Å²) < 4.78 is 5.38. The van der Waals surface area contributed by atoms with Crippen LogP contribution in [0.25, 0.3) is 10.9 Å². The number of benzene rings is 2. The van der Waals surface area contributed by atoms with Crippen LogP contribution in [0.15, 0.2) is 42.5 Å². The lowest BCUT2D eigenvalue weighted by molar-refractivity contribution is 0.252. The number of urea groups is 1. The second-order valence-corrected chi connectivity index (χ2v) is 6.91. The van der Waals surface area contributed by atoms with Crippen LogP contribution in [0.2, 0.25) is 0 Å². The zero-order valence-corrected chi connectivity index (χ0v) is 17.4. The van der Waals surface area contributed by atoms with Crippen molar-refractivity contribution >= 4 is 28.4 Å². The van der Waals surface area contributed by atoms with Gasteiger partial charge in [-0.05, 0) is 62.7 Å². The lowest BCUT2D eigenvalue weighted by Gasteiger charge is -2.12. The molecule has 1 aromatic heterocycles. The second-order valence-electron chi connectivity index (χ2n) is 6.91. The number of aromatic nitrogens is 1. The molecule has 2 aromatic carbocycles. The van der Waals surface area contributed by atoms with Crippen LogP contribution in [0.4, 0.5) is 16.3 Å². The number of ether oxygens (including phenoxy) is 1. The molecule has 7 heteroatoms. The van der Waals surface area contributed by atoms with Gasteiger partial charge in [-0.25, -0.2) is 9.78 Å². The molecule has 30 heavy (non-hydrogen) atoms. The molecule has 0 aliphatic heterocycles. The highest BCUT2D eigenvalue weighted by Crippen LogP contribution is 2.24. The summed E-state index contributed by atoms with van der Waals surface area (Å²) in [6.45, 7) is 7.36. The maximum absolute atomic E-state index is 12.1. The molecule has 3 rings (SSSR count). The first-order chi connectivity index (χ1) is 14.5. The van der Waals surface area contributed by atoms with Gasteiger partial charge in [-0.3, -0.25) is 0 Å². The Hall–Kier alpha value is -3.79. The van der Waals surface area contributed by atoms with E-state index in [2.05, 4.69) is 33.1 Å². The number of rotatable bonds is 7. The Bertz CT molecular complexity index is 1090. The highest BCUT2D eigenvalue weighted by atomic mass is 16.5. The van der Waals surface area contributed by atoms with Crippen LogP contribution in [0, 0.1) is 25.2 Å². The van der Waals surface area contributed by atoms with Crippen molar-refractivity contribution in [3.05, 3.63) is 59.2 Å². The smallest absolute Gasteiger partial charge is 0.319 e. The Morgan fingerprint density at radius 3 is 2.60 bits per heavy atom. The third-order valence-electron chi connectivity index (χ3n) is 4.50. The largest absolute Gasteiger partial charge is 0.494 e. The van der Waals surface area contributed by atoms with Gasteiger partial charge in [-0.15, -0.1) is 0 Å². The summed E-state index contributed by atoms with van der Waals surface area (Å²) in [5.74, 6) is 1.28. The third-order valence-corrected chi connectivity index (χ3v) is 4.50. The van der Waals surface area contributed by atoms with Crippen molar-refractivity contribution in [3.8, 4) is 11.8 Å². The van der Waals surface area contributed by atoms with Crippen molar-refractivity contribution < 1.29 is 9.53 Å². The van der Waals surface area contributed by atoms with E-state index in [4.69, 9.17) is 4.74 Å². The molecule has 1 heterocycles. The van der Waals surface area contributed by atoms with Gasteiger partial charge in [0.1, 0.15) is 17.6 Å². The third kappa shape index (κ3) is 5.17. The summed E-state index contributed by atoms with van der Waals surface area (Å²) in [6, 6.07) is 15.0. The van der Waals surface area contributed by atoms with Crippen LogP contribution in [0.1, 0.15) is 23.6 Å². The average Bonchev–Trinajstić information content (AvgIpc) is 2.72. The number of hydrogen-bond acceptors (Lipinski definition) is 5. The molecule has 0 aliphatic carbocycles. The molecule has 3 aromatic rings. The number of nitriles is 1. The van der Waals surface area contributed by atoms with E-state index in [-0.39, 0.29) is 6.03 Å². The van der Waals surface area contributed by atoms with Gasteiger partial charge in [-0.2, -0.15) is 5.26 Å². The summed E-state index contributed by atoms with van der Waals surface area (Å²) in [5, 5.41) is 19.1. The number of hydrogen-bond donors (Lipinski definition) is 3. The summed E-state index contributed by atoms with van der Waals surface area (Å²) in [7, 11) is 0. The van der Waals surface area contributed by atoms with Gasteiger partial charge in [0.25, 0.3) is 0 Å². The summed E-state index contributed by atoms with van der Waals surface area (Å²) in [4.78, 5) is 16.7. The highest BCUT2D eigenvalue weighted by molar-refractivity contribution is 5.89. The molecule has 154 valence electrons. The number of pyridine rings is 1. The molecule has 2 amide bonds. The van der Waals surface area contributed by atoms with Crippen molar-refractivity contribution in [1.29, 1.82) is 5.26 Å². The molecule has 0 spiro atoms. The number of carbonyl (C=O) groups excluding carboxylic acids is 1. The number of amides is 2. The molecule has 0 saturated carbocycles. The molecule has 0 bridgehead atoms. The zero-order chi connectivity index (χ0) is 21.5. The predicted octanol–water partition coefficient (Wildman–Crippen LogP) is 4.36. The molecule has 0 unspecified atom stereocenters. The fourth-order valence-corrected chi connectivity index (χ4v) is 3.20. The van der Waals surface area contributed by atoms with Gasteiger partial charge in [0.2, 0.25) is 0 Å². The topological polar surface area (TPSA) is 99.1 Å². The Kier molecular flexibility index (Phi) is 6.71. The first kappa shape index (κ1) is 20.9. The van der Waals surface area contributed by atoms with Gasteiger partial charge < -0.3 is 20.7 Å².